The second-order valence-corrected chi connectivity index (χ2v) is 4.22. The minimum absolute atomic E-state index is 0.995. The van der Waals surface area contributed by atoms with Gasteiger partial charge in [0.2, 0.25) is 0 Å². The molecule has 1 aliphatic heterocycles. The molecule has 0 radical (unpaired) electrons. The second kappa shape index (κ2) is 6.50. The third-order valence-corrected chi connectivity index (χ3v) is 2.86. The smallest absolute Gasteiger partial charge is 0.475 e. The van der Waals surface area contributed by atoms with E-state index in [1.807, 2.05) is 11.6 Å². The van der Waals surface area contributed by atoms with Crippen molar-refractivity contribution in [3.63, 3.8) is 0 Å². The third kappa shape index (κ3) is 4.84. The molecule has 0 fully saturated rings. The zero-order valence-electron chi connectivity index (χ0n) is 9.20. The van der Waals surface area contributed by atoms with Crippen LogP contribution in [0, 0.1) is 0 Å². The average Bonchev–Trinajstić information content (AvgIpc) is 2.83. The lowest BCUT2D eigenvalue weighted by atomic mass is 10.1. The second-order valence-electron chi connectivity index (χ2n) is 3.32. The number of aliphatic carboxylic acids is 1. The van der Waals surface area contributed by atoms with Crippen molar-refractivity contribution < 1.29 is 23.1 Å². The average molecular weight is 280 g/mol. The van der Waals surface area contributed by atoms with E-state index in [0.29, 0.717) is 0 Å². The summed E-state index contributed by atoms with van der Waals surface area (Å²) in [6.45, 7) is 2.08. The monoisotopic (exact) mass is 280 g/mol. The lowest BCUT2D eigenvalue weighted by Gasteiger charge is -2.10. The highest BCUT2D eigenvalue weighted by atomic mass is 32.1. The van der Waals surface area contributed by atoms with Crippen molar-refractivity contribution in [2.75, 3.05) is 13.1 Å². The largest absolute Gasteiger partial charge is 0.490 e. The zero-order valence-corrected chi connectivity index (χ0v) is 10.0. The van der Waals surface area contributed by atoms with E-state index in [1.54, 1.807) is 11.3 Å². The molecule has 2 N–H and O–H groups in total. The Balaban J connectivity index is 0.000000203. The molecule has 0 aromatic carbocycles. The van der Waals surface area contributed by atoms with E-state index in [9.17, 15) is 13.2 Å². The molecule has 1 aromatic rings. The fraction of sp³-hybridized carbons (Fsp3) is 0.400. The number of halogens is 3. The molecule has 18 heavy (non-hydrogen) atoms. The van der Waals surface area contributed by atoms with Gasteiger partial charge in [-0.3, -0.25) is 0 Å². The lowest BCUT2D eigenvalue weighted by molar-refractivity contribution is -0.192. The highest BCUT2D eigenvalue weighted by Gasteiger charge is 2.38. The number of carbonyl (C=O) groups is 1. The maximum atomic E-state index is 10.6. The van der Waals surface area contributed by atoms with Crippen molar-refractivity contribution in [3.05, 3.63) is 22.7 Å². The number of hydrogen-bond acceptors (Lipinski definition) is 4. The number of carboxylic acids is 1. The van der Waals surface area contributed by atoms with E-state index in [0.717, 1.165) is 19.5 Å². The zero-order chi connectivity index (χ0) is 13.6. The van der Waals surface area contributed by atoms with Crippen molar-refractivity contribution in [2.24, 2.45) is 0 Å². The molecule has 1 aromatic heterocycles. The third-order valence-electron chi connectivity index (χ3n) is 2.01. The van der Waals surface area contributed by atoms with Crippen LogP contribution in [0.2, 0.25) is 0 Å². The van der Waals surface area contributed by atoms with E-state index in [2.05, 4.69) is 16.4 Å². The van der Waals surface area contributed by atoms with Crippen LogP contribution in [0.15, 0.2) is 17.7 Å². The Kier molecular flexibility index (Phi) is 5.29. The molecule has 0 atom stereocenters. The summed E-state index contributed by atoms with van der Waals surface area (Å²) >= 11 is 1.72. The summed E-state index contributed by atoms with van der Waals surface area (Å²) in [5, 5.41) is 13.6. The molecule has 0 aliphatic carbocycles. The fourth-order valence-corrected chi connectivity index (χ4v) is 1.91. The summed E-state index contributed by atoms with van der Waals surface area (Å²) in [6, 6.07) is 0. The van der Waals surface area contributed by atoms with Crippen molar-refractivity contribution in [3.8, 4) is 0 Å². The van der Waals surface area contributed by atoms with Crippen LogP contribution in [0.1, 0.15) is 11.4 Å². The van der Waals surface area contributed by atoms with E-state index in [4.69, 9.17) is 9.90 Å². The maximum absolute atomic E-state index is 10.6. The van der Waals surface area contributed by atoms with Gasteiger partial charge >= 0.3 is 12.1 Å². The van der Waals surface area contributed by atoms with Gasteiger partial charge < -0.3 is 10.4 Å². The molecule has 0 unspecified atom stereocenters. The van der Waals surface area contributed by atoms with Gasteiger partial charge in [0.15, 0.2) is 0 Å². The molecule has 0 amide bonds. The summed E-state index contributed by atoms with van der Waals surface area (Å²) in [4.78, 5) is 13.2. The Morgan fingerprint density at radius 3 is 2.56 bits per heavy atom. The summed E-state index contributed by atoms with van der Waals surface area (Å²) in [6.07, 6.45) is 0.124. The van der Waals surface area contributed by atoms with Crippen LogP contribution in [-0.2, 0) is 4.79 Å². The van der Waals surface area contributed by atoms with Crippen LogP contribution < -0.4 is 5.32 Å². The molecule has 0 spiro atoms. The lowest BCUT2D eigenvalue weighted by Crippen LogP contribution is -2.21. The molecular formula is C10H11F3N2O2S. The van der Waals surface area contributed by atoms with Gasteiger partial charge in [-0.2, -0.15) is 13.2 Å². The Hall–Kier alpha value is -1.41. The van der Waals surface area contributed by atoms with Gasteiger partial charge in [-0.05, 0) is 18.5 Å². The molecule has 2 rings (SSSR count). The van der Waals surface area contributed by atoms with Gasteiger partial charge in [-0.15, -0.1) is 11.3 Å². The van der Waals surface area contributed by atoms with Crippen molar-refractivity contribution in [1.29, 1.82) is 0 Å². The number of thiazole rings is 1. The first kappa shape index (κ1) is 14.7. The highest BCUT2D eigenvalue weighted by molar-refractivity contribution is 7.10. The molecular weight excluding hydrogens is 269 g/mol. The Morgan fingerprint density at radius 2 is 2.17 bits per heavy atom. The van der Waals surface area contributed by atoms with Crippen molar-refractivity contribution >= 4 is 22.9 Å². The Bertz CT molecular complexity index is 415. The number of hydrogen-bond donors (Lipinski definition) is 2. The van der Waals surface area contributed by atoms with Crippen LogP contribution in [0.5, 0.6) is 0 Å². The quantitative estimate of drug-likeness (QED) is 0.827. The predicted molar refractivity (Wildman–Crippen MR) is 61.3 cm³/mol. The summed E-state index contributed by atoms with van der Waals surface area (Å²) in [5.41, 5.74) is 1.40. The topological polar surface area (TPSA) is 62.2 Å². The fourth-order valence-electron chi connectivity index (χ4n) is 1.20. The maximum Gasteiger partial charge on any atom is 0.490 e. The summed E-state index contributed by atoms with van der Waals surface area (Å²) < 4.78 is 31.7. The molecule has 0 bridgehead atoms. The first-order valence-corrected chi connectivity index (χ1v) is 5.89. The summed E-state index contributed by atoms with van der Waals surface area (Å²) in [7, 11) is 0. The van der Waals surface area contributed by atoms with Crippen LogP contribution in [0.3, 0.4) is 0 Å². The number of nitrogens with zero attached hydrogens (tertiary/aromatic N) is 1. The predicted octanol–water partition coefficient (Wildman–Crippen LogP) is 2.15. The van der Waals surface area contributed by atoms with E-state index < -0.39 is 12.1 Å². The van der Waals surface area contributed by atoms with E-state index in [-0.39, 0.29) is 0 Å². The van der Waals surface area contributed by atoms with Crippen LogP contribution >= 0.6 is 11.3 Å². The van der Waals surface area contributed by atoms with Gasteiger partial charge in [-0.25, -0.2) is 9.78 Å². The van der Waals surface area contributed by atoms with Crippen LogP contribution in [-0.4, -0.2) is 35.3 Å². The van der Waals surface area contributed by atoms with Crippen LogP contribution in [0.25, 0.3) is 5.57 Å². The highest BCUT2D eigenvalue weighted by Crippen LogP contribution is 2.20. The molecule has 4 nitrogen and oxygen atoms in total. The molecule has 0 saturated heterocycles. The number of nitrogens with one attached hydrogen (secondary N) is 1. The Morgan fingerprint density at radius 1 is 1.50 bits per heavy atom. The molecule has 1 aliphatic rings. The van der Waals surface area contributed by atoms with E-state index >= 15 is 0 Å². The number of aromatic nitrogens is 1. The van der Waals surface area contributed by atoms with Crippen LogP contribution in [0.4, 0.5) is 13.2 Å². The standard InChI is InChI=1S/C8H10N2S.C2HF3O2/c1-3-9-4-2-7(1)8-10-5-6-11-8;3-2(4,5)1(6)7/h1,5-6,9H,2-4H2;(H,6,7). The minimum atomic E-state index is -5.08. The normalized spacial score (nSPS) is 15.4. The van der Waals surface area contributed by atoms with Gasteiger partial charge in [-0.1, -0.05) is 6.08 Å². The number of alkyl halides is 3. The molecule has 100 valence electrons. The summed E-state index contributed by atoms with van der Waals surface area (Å²) in [5.74, 6) is -2.76. The molecule has 0 saturated carbocycles. The Labute approximate surface area is 105 Å². The van der Waals surface area contributed by atoms with Gasteiger partial charge in [0, 0.05) is 18.1 Å². The number of carboxylic acid groups (broad SMARTS) is 1. The van der Waals surface area contributed by atoms with Crippen molar-refractivity contribution in [2.45, 2.75) is 12.6 Å². The van der Waals surface area contributed by atoms with Gasteiger partial charge in [0.25, 0.3) is 0 Å². The minimum Gasteiger partial charge on any atom is -0.475 e. The SMILES string of the molecule is C1=C(c2nccs2)CCNC1.O=C(O)C(F)(F)F. The number of rotatable bonds is 1. The van der Waals surface area contributed by atoms with Gasteiger partial charge in [0.05, 0.1) is 0 Å². The molecule has 2 heterocycles. The first-order valence-electron chi connectivity index (χ1n) is 5.01. The van der Waals surface area contributed by atoms with E-state index in [1.165, 1.54) is 10.6 Å². The van der Waals surface area contributed by atoms with Crippen molar-refractivity contribution in [1.82, 2.24) is 10.3 Å². The first-order chi connectivity index (χ1) is 8.41. The van der Waals surface area contributed by atoms with Gasteiger partial charge in [0.1, 0.15) is 5.01 Å². The molecule has 8 heteroatoms.